The van der Waals surface area contributed by atoms with Crippen molar-refractivity contribution in [2.24, 2.45) is 0 Å². The molecule has 1 N–H and O–H groups in total. The van der Waals surface area contributed by atoms with E-state index in [1.54, 1.807) is 6.07 Å². The monoisotopic (exact) mass is 409 g/mol. The SMILES string of the molecule is CS(=O)(=O)c1cccc(-c2ccc(C3(C#N)CCOCC3)cc2)c1-c1nnn[nH]1. The second-order valence-corrected chi connectivity index (χ2v) is 9.07. The molecule has 0 atom stereocenters. The van der Waals surface area contributed by atoms with Crippen LogP contribution in [-0.2, 0) is 20.0 Å². The predicted molar refractivity (Wildman–Crippen MR) is 106 cm³/mol. The van der Waals surface area contributed by atoms with Gasteiger partial charge in [-0.25, -0.2) is 13.5 Å². The Kier molecular flexibility index (Phi) is 4.90. The number of H-pyrrole nitrogens is 1. The number of ether oxygens (including phenoxy) is 1. The maximum absolute atomic E-state index is 12.3. The van der Waals surface area contributed by atoms with Crippen LogP contribution in [0.1, 0.15) is 18.4 Å². The van der Waals surface area contributed by atoms with Crippen LogP contribution in [0.3, 0.4) is 0 Å². The summed E-state index contributed by atoms with van der Waals surface area (Å²) in [5, 5.41) is 23.5. The van der Waals surface area contributed by atoms with Gasteiger partial charge in [-0.3, -0.25) is 0 Å². The van der Waals surface area contributed by atoms with Gasteiger partial charge in [0.05, 0.1) is 16.4 Å². The van der Waals surface area contributed by atoms with E-state index in [-0.39, 0.29) is 10.7 Å². The molecule has 2 aromatic carbocycles. The highest BCUT2D eigenvalue weighted by atomic mass is 32.2. The lowest BCUT2D eigenvalue weighted by Gasteiger charge is -2.31. The molecule has 29 heavy (non-hydrogen) atoms. The van der Waals surface area contributed by atoms with Gasteiger partial charge in [0.2, 0.25) is 0 Å². The molecule has 1 aliphatic heterocycles. The molecule has 4 rings (SSSR count). The van der Waals surface area contributed by atoms with Gasteiger partial charge in [-0.2, -0.15) is 5.26 Å². The molecule has 1 aliphatic rings. The normalized spacial score (nSPS) is 16.3. The molecule has 8 nitrogen and oxygen atoms in total. The van der Waals surface area contributed by atoms with Crippen molar-refractivity contribution in [3.63, 3.8) is 0 Å². The Labute approximate surface area is 168 Å². The van der Waals surface area contributed by atoms with Crippen LogP contribution >= 0.6 is 0 Å². The largest absolute Gasteiger partial charge is 0.381 e. The molecule has 0 aliphatic carbocycles. The molecule has 9 heteroatoms. The van der Waals surface area contributed by atoms with Crippen LogP contribution in [0.2, 0.25) is 0 Å². The van der Waals surface area contributed by atoms with E-state index in [0.717, 1.165) is 17.4 Å². The summed E-state index contributed by atoms with van der Waals surface area (Å²) < 4.78 is 30.1. The Hall–Kier alpha value is -3.09. The van der Waals surface area contributed by atoms with Crippen molar-refractivity contribution in [2.45, 2.75) is 23.2 Å². The predicted octanol–water partition coefficient (Wildman–Crippen LogP) is 2.51. The van der Waals surface area contributed by atoms with Crippen LogP contribution in [0.5, 0.6) is 0 Å². The first kappa shape index (κ1) is 19.2. The number of nitrogens with one attached hydrogen (secondary N) is 1. The van der Waals surface area contributed by atoms with Crippen molar-refractivity contribution < 1.29 is 13.2 Å². The third-order valence-electron chi connectivity index (χ3n) is 5.32. The lowest BCUT2D eigenvalue weighted by atomic mass is 9.75. The van der Waals surface area contributed by atoms with Crippen LogP contribution in [-0.4, -0.2) is 48.5 Å². The summed E-state index contributed by atoms with van der Waals surface area (Å²) in [7, 11) is -3.50. The van der Waals surface area contributed by atoms with E-state index in [1.165, 1.54) is 6.07 Å². The van der Waals surface area contributed by atoms with E-state index >= 15 is 0 Å². The van der Waals surface area contributed by atoms with Gasteiger partial charge in [-0.15, -0.1) is 5.10 Å². The molecule has 1 saturated heterocycles. The highest BCUT2D eigenvalue weighted by molar-refractivity contribution is 7.90. The quantitative estimate of drug-likeness (QED) is 0.702. The Balaban J connectivity index is 1.83. The van der Waals surface area contributed by atoms with E-state index in [9.17, 15) is 13.7 Å². The van der Waals surface area contributed by atoms with E-state index < -0.39 is 15.3 Å². The van der Waals surface area contributed by atoms with Gasteiger partial charge < -0.3 is 4.74 Å². The summed E-state index contributed by atoms with van der Waals surface area (Å²) in [5.74, 6) is 0.281. The second kappa shape index (κ2) is 7.39. The van der Waals surface area contributed by atoms with Crippen molar-refractivity contribution >= 4 is 9.84 Å². The lowest BCUT2D eigenvalue weighted by Crippen LogP contribution is -2.32. The third kappa shape index (κ3) is 3.52. The first-order valence-electron chi connectivity index (χ1n) is 9.12. The minimum atomic E-state index is -3.50. The molecule has 0 radical (unpaired) electrons. The summed E-state index contributed by atoms with van der Waals surface area (Å²) in [5.41, 5.74) is 2.31. The number of rotatable bonds is 4. The van der Waals surface area contributed by atoms with Crippen LogP contribution < -0.4 is 0 Å². The number of benzene rings is 2. The number of nitrogens with zero attached hydrogens (tertiary/aromatic N) is 4. The topological polar surface area (TPSA) is 122 Å². The zero-order chi connectivity index (χ0) is 20.5. The van der Waals surface area contributed by atoms with Gasteiger partial charge in [0, 0.05) is 25.0 Å². The number of tetrazole rings is 1. The maximum Gasteiger partial charge on any atom is 0.181 e. The Bertz CT molecular complexity index is 1160. The molecule has 1 fully saturated rings. The highest BCUT2D eigenvalue weighted by Crippen LogP contribution is 2.38. The van der Waals surface area contributed by atoms with Gasteiger partial charge in [0.25, 0.3) is 0 Å². The van der Waals surface area contributed by atoms with Crippen LogP contribution in [0.15, 0.2) is 47.4 Å². The zero-order valence-electron chi connectivity index (χ0n) is 15.8. The molecule has 0 saturated carbocycles. The number of hydrogen-bond donors (Lipinski definition) is 1. The Morgan fingerprint density at radius 3 is 2.45 bits per heavy atom. The standard InChI is InChI=1S/C20H19N5O3S/c1-29(26,27)17-4-2-3-16(18(17)19-22-24-25-23-19)14-5-7-15(8-6-14)20(13-21)9-11-28-12-10-20/h2-8H,9-12H2,1H3,(H,22,23,24,25). The molecule has 2 heterocycles. The summed E-state index contributed by atoms with van der Waals surface area (Å²) in [6.45, 7) is 1.13. The van der Waals surface area contributed by atoms with E-state index in [0.29, 0.717) is 37.2 Å². The van der Waals surface area contributed by atoms with Crippen molar-refractivity contribution in [3.05, 3.63) is 48.0 Å². The average molecular weight is 409 g/mol. The van der Waals surface area contributed by atoms with Crippen LogP contribution in [0.25, 0.3) is 22.5 Å². The smallest absolute Gasteiger partial charge is 0.181 e. The number of aromatic amines is 1. The fraction of sp³-hybridized carbons (Fsp3) is 0.300. The van der Waals surface area contributed by atoms with Gasteiger partial charge in [0.1, 0.15) is 0 Å². The number of aromatic nitrogens is 4. The Morgan fingerprint density at radius 1 is 1.14 bits per heavy atom. The lowest BCUT2D eigenvalue weighted by molar-refractivity contribution is 0.0675. The first-order valence-corrected chi connectivity index (χ1v) is 11.0. The van der Waals surface area contributed by atoms with Gasteiger partial charge in [0.15, 0.2) is 15.7 Å². The maximum atomic E-state index is 12.3. The fourth-order valence-corrected chi connectivity index (χ4v) is 4.65. The summed E-state index contributed by atoms with van der Waals surface area (Å²) >= 11 is 0. The summed E-state index contributed by atoms with van der Waals surface area (Å²) in [6.07, 6.45) is 2.47. The minimum absolute atomic E-state index is 0.149. The number of hydrogen-bond acceptors (Lipinski definition) is 7. The molecular weight excluding hydrogens is 390 g/mol. The van der Waals surface area contributed by atoms with Gasteiger partial charge in [-0.05, 0) is 46.0 Å². The molecule has 1 aromatic heterocycles. The molecule has 3 aromatic rings. The molecule has 0 amide bonds. The van der Waals surface area contributed by atoms with Crippen molar-refractivity contribution in [1.82, 2.24) is 20.6 Å². The zero-order valence-corrected chi connectivity index (χ0v) is 16.6. The molecule has 0 spiro atoms. The van der Waals surface area contributed by atoms with Crippen molar-refractivity contribution in [3.8, 4) is 28.6 Å². The van der Waals surface area contributed by atoms with Gasteiger partial charge >= 0.3 is 0 Å². The highest BCUT2D eigenvalue weighted by Gasteiger charge is 2.34. The minimum Gasteiger partial charge on any atom is -0.381 e. The van der Waals surface area contributed by atoms with E-state index in [4.69, 9.17) is 4.74 Å². The fourth-order valence-electron chi connectivity index (χ4n) is 3.74. The molecular formula is C20H19N5O3S. The number of sulfone groups is 1. The van der Waals surface area contributed by atoms with Crippen molar-refractivity contribution in [2.75, 3.05) is 19.5 Å². The van der Waals surface area contributed by atoms with Crippen molar-refractivity contribution in [1.29, 1.82) is 5.26 Å². The molecule has 148 valence electrons. The molecule has 0 bridgehead atoms. The number of nitriles is 1. The first-order chi connectivity index (χ1) is 13.9. The second-order valence-electron chi connectivity index (χ2n) is 7.08. The molecule has 0 unspecified atom stereocenters. The van der Waals surface area contributed by atoms with E-state index in [1.807, 2.05) is 30.3 Å². The van der Waals surface area contributed by atoms with Crippen LogP contribution in [0.4, 0.5) is 0 Å². The average Bonchev–Trinajstić information content (AvgIpc) is 3.28. The summed E-state index contributed by atoms with van der Waals surface area (Å²) in [6, 6.07) is 15.2. The summed E-state index contributed by atoms with van der Waals surface area (Å²) in [4.78, 5) is 0.149. The Morgan fingerprint density at radius 2 is 1.86 bits per heavy atom. The van der Waals surface area contributed by atoms with Crippen LogP contribution in [0, 0.1) is 11.3 Å². The third-order valence-corrected chi connectivity index (χ3v) is 6.46. The van der Waals surface area contributed by atoms with Gasteiger partial charge in [-0.1, -0.05) is 36.4 Å². The van der Waals surface area contributed by atoms with E-state index in [2.05, 4.69) is 26.7 Å².